The number of hydrogen-bond donors (Lipinski definition) is 1. The quantitative estimate of drug-likeness (QED) is 0.317. The summed E-state index contributed by atoms with van der Waals surface area (Å²) in [5.41, 5.74) is 2.49. The second-order valence-electron chi connectivity index (χ2n) is 7.38. The van der Waals surface area contributed by atoms with Crippen LogP contribution in [0.15, 0.2) is 70.1 Å². The Kier molecular flexibility index (Phi) is 6.38. The zero-order chi connectivity index (χ0) is 24.5. The monoisotopic (exact) mass is 530 g/mol. The van der Waals surface area contributed by atoms with Gasteiger partial charge in [0.2, 0.25) is 4.80 Å². The lowest BCUT2D eigenvalue weighted by molar-refractivity contribution is -0.118. The van der Waals surface area contributed by atoms with Gasteiger partial charge in [-0.1, -0.05) is 23.2 Å². The standard InChI is InChI=1S/C24H14Cl2F2N4O2S/c25-17-5-4-16(9-18(17)26)30-24-32(29-10-14-1-3-15(27)8-19(14)28)21(12-35-24)13-2-6-22-20(7-13)31-23(33)11-34-22/h1-10,12H,11H2,(H,31,33). The molecule has 1 aromatic heterocycles. The number of anilines is 1. The van der Waals surface area contributed by atoms with E-state index in [0.29, 0.717) is 43.2 Å². The third kappa shape index (κ3) is 4.97. The molecule has 5 rings (SSSR count). The maximum absolute atomic E-state index is 14.2. The molecule has 11 heteroatoms. The molecule has 4 aromatic rings. The first-order valence-corrected chi connectivity index (χ1v) is 11.8. The molecule has 176 valence electrons. The minimum Gasteiger partial charge on any atom is -0.482 e. The number of fused-ring (bicyclic) bond motifs is 1. The Hall–Kier alpha value is -3.53. The first kappa shape index (κ1) is 23.2. The minimum atomic E-state index is -0.747. The summed E-state index contributed by atoms with van der Waals surface area (Å²) in [6.07, 6.45) is 1.28. The fourth-order valence-electron chi connectivity index (χ4n) is 3.32. The van der Waals surface area contributed by atoms with Crippen LogP contribution >= 0.6 is 34.5 Å². The maximum atomic E-state index is 14.2. The fraction of sp³-hybridized carbons (Fsp3) is 0.0417. The summed E-state index contributed by atoms with van der Waals surface area (Å²) in [5, 5.41) is 9.77. The highest BCUT2D eigenvalue weighted by Gasteiger charge is 2.18. The van der Waals surface area contributed by atoms with Crippen molar-refractivity contribution in [2.75, 3.05) is 11.9 Å². The molecule has 35 heavy (non-hydrogen) atoms. The van der Waals surface area contributed by atoms with Gasteiger partial charge in [0.1, 0.15) is 17.4 Å². The molecule has 1 amide bonds. The molecule has 0 fully saturated rings. The van der Waals surface area contributed by atoms with Crippen molar-refractivity contribution >= 4 is 58.0 Å². The van der Waals surface area contributed by atoms with Gasteiger partial charge in [0.15, 0.2) is 6.61 Å². The summed E-state index contributed by atoms with van der Waals surface area (Å²) in [6, 6.07) is 13.5. The van der Waals surface area contributed by atoms with Gasteiger partial charge in [0.25, 0.3) is 5.91 Å². The molecule has 0 unspecified atom stereocenters. The number of thiazole rings is 1. The summed E-state index contributed by atoms with van der Waals surface area (Å²) in [7, 11) is 0. The molecule has 1 N–H and O–H groups in total. The number of nitrogens with zero attached hydrogens (tertiary/aromatic N) is 3. The topological polar surface area (TPSA) is 68.0 Å². The van der Waals surface area contributed by atoms with Gasteiger partial charge in [0, 0.05) is 22.6 Å². The molecule has 0 atom stereocenters. The zero-order valence-electron chi connectivity index (χ0n) is 17.6. The number of hydrogen-bond acceptors (Lipinski definition) is 5. The molecule has 0 aliphatic carbocycles. The zero-order valence-corrected chi connectivity index (χ0v) is 20.0. The van der Waals surface area contributed by atoms with E-state index in [4.69, 9.17) is 27.9 Å². The molecule has 0 radical (unpaired) electrons. The molecule has 6 nitrogen and oxygen atoms in total. The average Bonchev–Trinajstić information content (AvgIpc) is 3.22. The van der Waals surface area contributed by atoms with E-state index in [9.17, 15) is 13.6 Å². The number of nitrogens with one attached hydrogen (secondary N) is 1. The van der Waals surface area contributed by atoms with E-state index < -0.39 is 11.6 Å². The second kappa shape index (κ2) is 9.61. The summed E-state index contributed by atoms with van der Waals surface area (Å²) in [5.74, 6) is -1.14. The lowest BCUT2D eigenvalue weighted by Crippen LogP contribution is -2.25. The fourth-order valence-corrected chi connectivity index (χ4v) is 4.47. The van der Waals surface area contributed by atoms with Gasteiger partial charge in [-0.05, 0) is 48.5 Å². The Morgan fingerprint density at radius 3 is 2.71 bits per heavy atom. The van der Waals surface area contributed by atoms with Crippen LogP contribution in [0.3, 0.4) is 0 Å². The molecular formula is C24H14Cl2F2N4O2S. The molecule has 1 aliphatic heterocycles. The number of rotatable bonds is 4. The molecule has 0 saturated heterocycles. The van der Waals surface area contributed by atoms with Crippen molar-refractivity contribution in [3.05, 3.63) is 92.0 Å². The highest BCUT2D eigenvalue weighted by atomic mass is 35.5. The predicted octanol–water partition coefficient (Wildman–Crippen LogP) is 6.25. The molecule has 3 aromatic carbocycles. The Balaban J connectivity index is 1.64. The lowest BCUT2D eigenvalue weighted by Gasteiger charge is -2.18. The largest absolute Gasteiger partial charge is 0.482 e. The molecular weight excluding hydrogens is 517 g/mol. The Labute approximate surface area is 211 Å². The van der Waals surface area contributed by atoms with Crippen LogP contribution in [-0.2, 0) is 4.79 Å². The lowest BCUT2D eigenvalue weighted by atomic mass is 10.1. The van der Waals surface area contributed by atoms with Crippen LogP contribution in [0, 0.1) is 11.6 Å². The molecule has 0 bridgehead atoms. The third-order valence-electron chi connectivity index (χ3n) is 5.00. The van der Waals surface area contributed by atoms with Crippen molar-refractivity contribution in [3.63, 3.8) is 0 Å². The van der Waals surface area contributed by atoms with E-state index in [-0.39, 0.29) is 18.1 Å². The van der Waals surface area contributed by atoms with Gasteiger partial charge in [-0.15, -0.1) is 11.3 Å². The van der Waals surface area contributed by atoms with Gasteiger partial charge in [-0.25, -0.2) is 18.4 Å². The first-order chi connectivity index (χ1) is 16.9. The average molecular weight is 531 g/mol. The molecule has 0 saturated carbocycles. The van der Waals surface area contributed by atoms with Gasteiger partial charge in [-0.2, -0.15) is 5.10 Å². The summed E-state index contributed by atoms with van der Waals surface area (Å²) in [4.78, 5) is 16.8. The van der Waals surface area contributed by atoms with Crippen molar-refractivity contribution in [1.82, 2.24) is 4.68 Å². The highest BCUT2D eigenvalue weighted by Crippen LogP contribution is 2.33. The highest BCUT2D eigenvalue weighted by molar-refractivity contribution is 7.07. The number of benzene rings is 3. The summed E-state index contributed by atoms with van der Waals surface area (Å²) >= 11 is 13.4. The molecule has 2 heterocycles. The van der Waals surface area contributed by atoms with Crippen LogP contribution in [-0.4, -0.2) is 23.4 Å². The van der Waals surface area contributed by atoms with Crippen molar-refractivity contribution in [3.8, 4) is 17.0 Å². The summed E-state index contributed by atoms with van der Waals surface area (Å²) in [6.45, 7) is -0.0506. The van der Waals surface area contributed by atoms with E-state index in [2.05, 4.69) is 15.4 Å². The third-order valence-corrected chi connectivity index (χ3v) is 6.55. The maximum Gasteiger partial charge on any atom is 0.262 e. The van der Waals surface area contributed by atoms with Crippen LogP contribution < -0.4 is 14.9 Å². The number of carbonyl (C=O) groups is 1. The first-order valence-electron chi connectivity index (χ1n) is 10.1. The van der Waals surface area contributed by atoms with Crippen LogP contribution in [0.25, 0.3) is 11.3 Å². The number of aromatic nitrogens is 1. The molecule has 1 aliphatic rings. The minimum absolute atomic E-state index is 0.0506. The van der Waals surface area contributed by atoms with E-state index in [1.54, 1.807) is 30.3 Å². The van der Waals surface area contributed by atoms with Crippen molar-refractivity contribution in [2.24, 2.45) is 10.1 Å². The second-order valence-corrected chi connectivity index (χ2v) is 9.03. The van der Waals surface area contributed by atoms with E-state index >= 15 is 0 Å². The van der Waals surface area contributed by atoms with Crippen LogP contribution in [0.5, 0.6) is 5.75 Å². The number of ether oxygens (including phenoxy) is 1. The van der Waals surface area contributed by atoms with E-state index in [0.717, 1.165) is 12.1 Å². The van der Waals surface area contributed by atoms with Crippen LogP contribution in [0.2, 0.25) is 10.0 Å². The van der Waals surface area contributed by atoms with Crippen molar-refractivity contribution < 1.29 is 18.3 Å². The van der Waals surface area contributed by atoms with Crippen LogP contribution in [0.1, 0.15) is 5.56 Å². The number of carbonyl (C=O) groups excluding carboxylic acids is 1. The van der Waals surface area contributed by atoms with Gasteiger partial charge in [0.05, 0.1) is 33.3 Å². The predicted molar refractivity (Wildman–Crippen MR) is 133 cm³/mol. The van der Waals surface area contributed by atoms with Gasteiger partial charge in [-0.3, -0.25) is 4.79 Å². The van der Waals surface area contributed by atoms with Gasteiger partial charge >= 0.3 is 0 Å². The van der Waals surface area contributed by atoms with Gasteiger partial charge < -0.3 is 10.1 Å². The van der Waals surface area contributed by atoms with E-state index in [1.165, 1.54) is 28.3 Å². The number of halogens is 4. The Morgan fingerprint density at radius 1 is 1.06 bits per heavy atom. The Bertz CT molecular complexity index is 1570. The number of amides is 1. The summed E-state index contributed by atoms with van der Waals surface area (Å²) < 4.78 is 34.5. The van der Waals surface area contributed by atoms with Crippen molar-refractivity contribution in [2.45, 2.75) is 0 Å². The molecule has 0 spiro atoms. The smallest absolute Gasteiger partial charge is 0.262 e. The Morgan fingerprint density at radius 2 is 1.91 bits per heavy atom. The normalized spacial score (nSPS) is 13.6. The van der Waals surface area contributed by atoms with E-state index in [1.807, 2.05) is 11.4 Å². The van der Waals surface area contributed by atoms with Crippen molar-refractivity contribution in [1.29, 1.82) is 0 Å². The SMILES string of the molecule is O=C1COc2ccc(-c3csc(=Nc4ccc(Cl)c(Cl)c4)n3N=Cc3ccc(F)cc3F)cc2N1. The van der Waals surface area contributed by atoms with Crippen LogP contribution in [0.4, 0.5) is 20.2 Å².